The van der Waals surface area contributed by atoms with Gasteiger partial charge in [-0.15, -0.1) is 0 Å². The fourth-order valence-electron chi connectivity index (χ4n) is 5.03. The van der Waals surface area contributed by atoms with E-state index >= 15 is 0 Å². The highest BCUT2D eigenvalue weighted by Gasteiger charge is 2.32. The van der Waals surface area contributed by atoms with Crippen LogP contribution < -0.4 is 10.1 Å². The molecule has 1 saturated carbocycles. The molecule has 1 aliphatic carbocycles. The van der Waals surface area contributed by atoms with Gasteiger partial charge in [-0.1, -0.05) is 85.5 Å². The summed E-state index contributed by atoms with van der Waals surface area (Å²) in [6.07, 6.45) is 5.79. The van der Waals surface area contributed by atoms with Gasteiger partial charge in [0, 0.05) is 24.0 Å². The molecule has 0 spiro atoms. The first-order valence-electron chi connectivity index (χ1n) is 13.5. The van der Waals surface area contributed by atoms with Crippen LogP contribution in [0.5, 0.6) is 5.75 Å². The van der Waals surface area contributed by atoms with E-state index in [0.29, 0.717) is 17.2 Å². The number of benzene rings is 3. The largest absolute Gasteiger partial charge is 0.483 e. The van der Waals surface area contributed by atoms with E-state index in [2.05, 4.69) is 5.32 Å². The lowest BCUT2D eigenvalue weighted by Gasteiger charge is -2.33. The molecular formula is C32H37ClN2O3. The Morgan fingerprint density at radius 2 is 1.66 bits per heavy atom. The van der Waals surface area contributed by atoms with Gasteiger partial charge in [0.15, 0.2) is 6.61 Å². The number of rotatable bonds is 10. The zero-order valence-electron chi connectivity index (χ0n) is 22.3. The van der Waals surface area contributed by atoms with Crippen LogP contribution in [-0.4, -0.2) is 35.4 Å². The highest BCUT2D eigenvalue weighted by atomic mass is 35.5. The Bertz CT molecular complexity index is 1220. The van der Waals surface area contributed by atoms with E-state index in [9.17, 15) is 9.59 Å². The van der Waals surface area contributed by atoms with Gasteiger partial charge in [0.05, 0.1) is 0 Å². The molecule has 200 valence electrons. The van der Waals surface area contributed by atoms with Crippen molar-refractivity contribution in [2.45, 2.75) is 71.0 Å². The molecule has 0 bridgehead atoms. The molecule has 0 heterocycles. The van der Waals surface area contributed by atoms with Crippen LogP contribution in [0.25, 0.3) is 0 Å². The zero-order chi connectivity index (χ0) is 26.9. The van der Waals surface area contributed by atoms with Gasteiger partial charge in [0.25, 0.3) is 5.91 Å². The quantitative estimate of drug-likeness (QED) is 0.327. The van der Waals surface area contributed by atoms with Gasteiger partial charge in [0.1, 0.15) is 11.8 Å². The fraction of sp³-hybridized carbons (Fsp3) is 0.375. The van der Waals surface area contributed by atoms with Gasteiger partial charge in [0.2, 0.25) is 5.91 Å². The Morgan fingerprint density at radius 3 is 2.39 bits per heavy atom. The Balaban J connectivity index is 1.62. The topological polar surface area (TPSA) is 58.6 Å². The summed E-state index contributed by atoms with van der Waals surface area (Å²) in [5.74, 6) is 0.306. The van der Waals surface area contributed by atoms with Gasteiger partial charge in [-0.05, 0) is 67.1 Å². The van der Waals surface area contributed by atoms with E-state index in [1.807, 2.05) is 80.6 Å². The van der Waals surface area contributed by atoms with Crippen LogP contribution in [0.1, 0.15) is 54.4 Å². The number of carbonyl (C=O) groups is 2. The summed E-state index contributed by atoms with van der Waals surface area (Å²) in [6.45, 7) is 4.09. The molecule has 3 aromatic rings. The molecule has 0 aromatic heterocycles. The standard InChI is InChI=1S/C32H37ClN2O3/c1-23-11-9-18-30(24(23)2)38-22-31(36)35(21-26-14-10-15-27(33)19-26)29(20-25-12-5-3-6-13-25)32(37)34-28-16-7-4-8-17-28/h3,5-6,9-15,18-19,28-29H,4,7-8,16-17,20-22H2,1-2H3,(H,34,37)/t29-/m0/s1. The van der Waals surface area contributed by atoms with Crippen molar-refractivity contribution in [3.8, 4) is 5.75 Å². The van der Waals surface area contributed by atoms with Gasteiger partial charge in [-0.3, -0.25) is 9.59 Å². The molecule has 3 aromatic carbocycles. The van der Waals surface area contributed by atoms with Crippen LogP contribution in [0.4, 0.5) is 0 Å². The van der Waals surface area contributed by atoms with Crippen molar-refractivity contribution in [1.29, 1.82) is 0 Å². The van der Waals surface area contributed by atoms with Crippen LogP contribution in [0.15, 0.2) is 72.8 Å². The summed E-state index contributed by atoms with van der Waals surface area (Å²) >= 11 is 6.27. The second kappa shape index (κ2) is 13.5. The molecular weight excluding hydrogens is 496 g/mol. The zero-order valence-corrected chi connectivity index (χ0v) is 23.0. The maximum absolute atomic E-state index is 13.8. The van der Waals surface area contributed by atoms with Gasteiger partial charge < -0.3 is 15.0 Å². The summed E-state index contributed by atoms with van der Waals surface area (Å²) in [4.78, 5) is 29.3. The first-order chi connectivity index (χ1) is 18.4. The van der Waals surface area contributed by atoms with Crippen molar-refractivity contribution in [2.75, 3.05) is 6.61 Å². The summed E-state index contributed by atoms with van der Waals surface area (Å²) in [5.41, 5.74) is 3.95. The first kappa shape index (κ1) is 27.7. The molecule has 5 nitrogen and oxygen atoms in total. The molecule has 4 rings (SSSR count). The van der Waals surface area contributed by atoms with Crippen molar-refractivity contribution in [1.82, 2.24) is 10.2 Å². The predicted molar refractivity (Wildman–Crippen MR) is 152 cm³/mol. The monoisotopic (exact) mass is 532 g/mol. The van der Waals surface area contributed by atoms with Crippen molar-refractivity contribution < 1.29 is 14.3 Å². The molecule has 1 aliphatic rings. The summed E-state index contributed by atoms with van der Waals surface area (Å²) < 4.78 is 6.00. The van der Waals surface area contributed by atoms with E-state index in [4.69, 9.17) is 16.3 Å². The first-order valence-corrected chi connectivity index (χ1v) is 13.9. The van der Waals surface area contributed by atoms with Crippen LogP contribution in [0.2, 0.25) is 5.02 Å². The number of aryl methyl sites for hydroxylation is 1. The summed E-state index contributed by atoms with van der Waals surface area (Å²) in [6, 6.07) is 22.5. The lowest BCUT2D eigenvalue weighted by molar-refractivity contribution is -0.143. The molecule has 38 heavy (non-hydrogen) atoms. The van der Waals surface area contributed by atoms with E-state index in [0.717, 1.165) is 47.9 Å². The third kappa shape index (κ3) is 7.61. The SMILES string of the molecule is Cc1cccc(OCC(=O)N(Cc2cccc(Cl)c2)[C@@H](Cc2ccccc2)C(=O)NC2CCCCC2)c1C. The number of carbonyl (C=O) groups excluding carboxylic acids is 2. The Morgan fingerprint density at radius 1 is 0.947 bits per heavy atom. The maximum atomic E-state index is 13.8. The highest BCUT2D eigenvalue weighted by molar-refractivity contribution is 6.30. The minimum atomic E-state index is -0.687. The number of nitrogens with one attached hydrogen (secondary N) is 1. The molecule has 2 amide bonds. The van der Waals surface area contributed by atoms with Crippen molar-refractivity contribution >= 4 is 23.4 Å². The van der Waals surface area contributed by atoms with Crippen molar-refractivity contribution in [2.24, 2.45) is 0 Å². The number of amides is 2. The molecule has 0 saturated heterocycles. The second-order valence-corrected chi connectivity index (χ2v) is 10.6. The fourth-order valence-corrected chi connectivity index (χ4v) is 5.25. The van der Waals surface area contributed by atoms with Gasteiger partial charge in [-0.2, -0.15) is 0 Å². The second-order valence-electron chi connectivity index (χ2n) is 10.2. The minimum absolute atomic E-state index is 0.122. The number of hydrogen-bond donors (Lipinski definition) is 1. The third-order valence-corrected chi connectivity index (χ3v) is 7.61. The molecule has 6 heteroatoms. The van der Waals surface area contributed by atoms with E-state index < -0.39 is 6.04 Å². The van der Waals surface area contributed by atoms with Gasteiger partial charge >= 0.3 is 0 Å². The van der Waals surface area contributed by atoms with Crippen LogP contribution in [0.3, 0.4) is 0 Å². The molecule has 1 N–H and O–H groups in total. The van der Waals surface area contributed by atoms with E-state index in [-0.39, 0.29) is 31.0 Å². The number of hydrogen-bond acceptors (Lipinski definition) is 3. The smallest absolute Gasteiger partial charge is 0.261 e. The lowest BCUT2D eigenvalue weighted by Crippen LogP contribution is -2.53. The van der Waals surface area contributed by atoms with E-state index in [1.165, 1.54) is 6.42 Å². The molecule has 0 unspecified atom stereocenters. The Labute approximate surface area is 231 Å². The highest BCUT2D eigenvalue weighted by Crippen LogP contribution is 2.23. The van der Waals surface area contributed by atoms with Crippen molar-refractivity contribution in [3.63, 3.8) is 0 Å². The minimum Gasteiger partial charge on any atom is -0.483 e. The Kier molecular flexibility index (Phi) is 9.83. The maximum Gasteiger partial charge on any atom is 0.261 e. The summed E-state index contributed by atoms with van der Waals surface area (Å²) in [5, 5.41) is 3.85. The third-order valence-electron chi connectivity index (χ3n) is 7.37. The number of halogens is 1. The average Bonchev–Trinajstić information content (AvgIpc) is 2.92. The Hall–Kier alpha value is -3.31. The van der Waals surface area contributed by atoms with Gasteiger partial charge in [-0.25, -0.2) is 0 Å². The molecule has 1 atom stereocenters. The van der Waals surface area contributed by atoms with Crippen molar-refractivity contribution in [3.05, 3.63) is 100 Å². The average molecular weight is 533 g/mol. The molecule has 1 fully saturated rings. The summed E-state index contributed by atoms with van der Waals surface area (Å²) in [7, 11) is 0. The van der Waals surface area contributed by atoms with Crippen LogP contribution in [-0.2, 0) is 22.6 Å². The predicted octanol–water partition coefficient (Wildman–Crippen LogP) is 6.42. The number of nitrogens with zero attached hydrogens (tertiary/aromatic N) is 1. The van der Waals surface area contributed by atoms with Crippen LogP contribution >= 0.6 is 11.6 Å². The lowest BCUT2D eigenvalue weighted by atomic mass is 9.94. The van der Waals surface area contributed by atoms with E-state index in [1.54, 1.807) is 11.0 Å². The molecule has 0 aliphatic heterocycles. The number of ether oxygens (including phenoxy) is 1. The molecule has 0 radical (unpaired) electrons. The van der Waals surface area contributed by atoms with Crippen LogP contribution in [0, 0.1) is 13.8 Å². The normalized spacial score (nSPS) is 14.5.